The maximum absolute atomic E-state index is 13.3. The van der Waals surface area contributed by atoms with Gasteiger partial charge in [0.05, 0.1) is 17.5 Å². The number of hydrogen-bond acceptors (Lipinski definition) is 3. The van der Waals surface area contributed by atoms with E-state index in [9.17, 15) is 9.18 Å². The lowest BCUT2D eigenvalue weighted by Gasteiger charge is -2.16. The zero-order valence-electron chi connectivity index (χ0n) is 9.82. The fourth-order valence-electron chi connectivity index (χ4n) is 1.21. The summed E-state index contributed by atoms with van der Waals surface area (Å²) in [7, 11) is 1.55. The van der Waals surface area contributed by atoms with Crippen molar-refractivity contribution in [1.29, 1.82) is 5.26 Å². The quantitative estimate of drug-likeness (QED) is 0.824. The fourth-order valence-corrected chi connectivity index (χ4v) is 1.42. The van der Waals surface area contributed by atoms with Crippen LogP contribution in [0, 0.1) is 17.1 Å². The second-order valence-corrected chi connectivity index (χ2v) is 3.97. The molecule has 1 aromatic rings. The van der Waals surface area contributed by atoms with E-state index in [0.717, 1.165) is 0 Å². The molecule has 0 spiro atoms. The Hall–Kier alpha value is -1.80. The van der Waals surface area contributed by atoms with Crippen LogP contribution in [0.25, 0.3) is 0 Å². The molecule has 0 atom stereocenters. The molecule has 0 saturated carbocycles. The number of rotatable bonds is 5. The summed E-state index contributed by atoms with van der Waals surface area (Å²) < 4.78 is 18.4. The highest BCUT2D eigenvalue weighted by Crippen LogP contribution is 2.27. The van der Waals surface area contributed by atoms with E-state index in [2.05, 4.69) is 0 Å². The number of para-hydroxylation sites is 1. The normalized spacial score (nSPS) is 9.67. The number of hydrogen-bond donors (Lipinski definition) is 0. The van der Waals surface area contributed by atoms with Crippen LogP contribution in [0.15, 0.2) is 18.2 Å². The van der Waals surface area contributed by atoms with Crippen LogP contribution in [0.3, 0.4) is 0 Å². The number of ether oxygens (including phenoxy) is 1. The minimum Gasteiger partial charge on any atom is -0.479 e. The van der Waals surface area contributed by atoms with Crippen molar-refractivity contribution in [3.63, 3.8) is 0 Å². The molecule has 18 heavy (non-hydrogen) atoms. The standard InChI is InChI=1S/C12H12ClFN2O2/c1-16(7-3-6-15)11(17)8-18-12-9(13)4-2-5-10(12)14/h2,4-5H,3,7-8H2,1H3. The topological polar surface area (TPSA) is 53.3 Å². The summed E-state index contributed by atoms with van der Waals surface area (Å²) >= 11 is 5.74. The van der Waals surface area contributed by atoms with Gasteiger partial charge in [0.15, 0.2) is 18.2 Å². The number of carbonyl (C=O) groups is 1. The Morgan fingerprint density at radius 1 is 1.61 bits per heavy atom. The van der Waals surface area contributed by atoms with E-state index in [1.54, 1.807) is 7.05 Å². The maximum Gasteiger partial charge on any atom is 0.260 e. The molecule has 6 heteroatoms. The molecular formula is C12H12ClFN2O2. The molecule has 0 aliphatic rings. The van der Waals surface area contributed by atoms with Crippen molar-refractivity contribution >= 4 is 17.5 Å². The van der Waals surface area contributed by atoms with Gasteiger partial charge in [-0.1, -0.05) is 17.7 Å². The molecule has 0 aliphatic heterocycles. The summed E-state index contributed by atoms with van der Waals surface area (Å²) in [6.07, 6.45) is 0.239. The highest BCUT2D eigenvalue weighted by molar-refractivity contribution is 6.32. The van der Waals surface area contributed by atoms with Crippen LogP contribution in [0.4, 0.5) is 4.39 Å². The van der Waals surface area contributed by atoms with Gasteiger partial charge in [-0.3, -0.25) is 4.79 Å². The molecule has 0 aromatic heterocycles. The number of nitrogens with zero attached hydrogens (tertiary/aromatic N) is 2. The van der Waals surface area contributed by atoms with Gasteiger partial charge in [-0.15, -0.1) is 0 Å². The predicted molar refractivity (Wildman–Crippen MR) is 64.8 cm³/mol. The van der Waals surface area contributed by atoms with E-state index >= 15 is 0 Å². The van der Waals surface area contributed by atoms with Crippen LogP contribution in [0.2, 0.25) is 5.02 Å². The van der Waals surface area contributed by atoms with Gasteiger partial charge in [-0.25, -0.2) is 4.39 Å². The molecule has 1 amide bonds. The van der Waals surface area contributed by atoms with E-state index in [0.29, 0.717) is 6.54 Å². The maximum atomic E-state index is 13.3. The van der Waals surface area contributed by atoms with Gasteiger partial charge in [0.2, 0.25) is 0 Å². The van der Waals surface area contributed by atoms with E-state index in [-0.39, 0.29) is 29.7 Å². The van der Waals surface area contributed by atoms with Crippen LogP contribution < -0.4 is 4.74 Å². The number of benzene rings is 1. The van der Waals surface area contributed by atoms with Crippen molar-refractivity contribution in [2.45, 2.75) is 6.42 Å². The Bertz CT molecular complexity index is 453. The summed E-state index contributed by atoms with van der Waals surface area (Å²) in [5.41, 5.74) is 0. The first-order chi connectivity index (χ1) is 8.56. The number of nitriles is 1. The molecule has 0 saturated heterocycles. The third-order valence-electron chi connectivity index (χ3n) is 2.24. The molecule has 0 fully saturated rings. The lowest BCUT2D eigenvalue weighted by atomic mass is 10.3. The second-order valence-electron chi connectivity index (χ2n) is 3.56. The first-order valence-corrected chi connectivity index (χ1v) is 5.61. The summed E-state index contributed by atoms with van der Waals surface area (Å²) in [6, 6.07) is 6.05. The number of carbonyl (C=O) groups excluding carboxylic acids is 1. The van der Waals surface area contributed by atoms with E-state index in [4.69, 9.17) is 21.6 Å². The van der Waals surface area contributed by atoms with Crippen molar-refractivity contribution in [1.82, 2.24) is 4.90 Å². The van der Waals surface area contributed by atoms with Crippen LogP contribution in [-0.4, -0.2) is 31.0 Å². The Morgan fingerprint density at radius 3 is 2.94 bits per heavy atom. The van der Waals surface area contributed by atoms with Crippen molar-refractivity contribution in [3.8, 4) is 11.8 Å². The predicted octanol–water partition coefficient (Wildman–Crippen LogP) is 2.23. The summed E-state index contributed by atoms with van der Waals surface area (Å²) in [5.74, 6) is -1.10. The molecule has 4 nitrogen and oxygen atoms in total. The Labute approximate surface area is 110 Å². The van der Waals surface area contributed by atoms with Crippen molar-refractivity contribution in [3.05, 3.63) is 29.0 Å². The van der Waals surface area contributed by atoms with E-state index < -0.39 is 5.82 Å². The number of likely N-dealkylation sites (N-methyl/N-ethyl adjacent to an activating group) is 1. The Morgan fingerprint density at radius 2 is 2.33 bits per heavy atom. The average Bonchev–Trinajstić information content (AvgIpc) is 2.35. The summed E-state index contributed by atoms with van der Waals surface area (Å²) in [6.45, 7) is -0.00766. The Kier molecular flexibility index (Phi) is 5.40. The van der Waals surface area contributed by atoms with Crippen molar-refractivity contribution in [2.24, 2.45) is 0 Å². The van der Waals surface area contributed by atoms with E-state index in [1.807, 2.05) is 6.07 Å². The van der Waals surface area contributed by atoms with Crippen LogP contribution in [-0.2, 0) is 4.79 Å². The van der Waals surface area contributed by atoms with Crippen LogP contribution in [0.1, 0.15) is 6.42 Å². The monoisotopic (exact) mass is 270 g/mol. The van der Waals surface area contributed by atoms with Crippen LogP contribution in [0.5, 0.6) is 5.75 Å². The molecule has 96 valence electrons. The lowest BCUT2D eigenvalue weighted by Crippen LogP contribution is -2.32. The smallest absolute Gasteiger partial charge is 0.260 e. The third kappa shape index (κ3) is 3.90. The van der Waals surface area contributed by atoms with Gasteiger partial charge in [-0.05, 0) is 12.1 Å². The van der Waals surface area contributed by atoms with Gasteiger partial charge in [0.25, 0.3) is 5.91 Å². The minimum absolute atomic E-state index is 0.113. The van der Waals surface area contributed by atoms with Gasteiger partial charge in [-0.2, -0.15) is 5.26 Å². The van der Waals surface area contributed by atoms with Gasteiger partial charge in [0, 0.05) is 13.6 Å². The van der Waals surface area contributed by atoms with Crippen LogP contribution >= 0.6 is 11.6 Å². The van der Waals surface area contributed by atoms with Gasteiger partial charge in [0.1, 0.15) is 0 Å². The Balaban J connectivity index is 2.55. The average molecular weight is 271 g/mol. The van der Waals surface area contributed by atoms with Gasteiger partial charge >= 0.3 is 0 Å². The molecule has 1 aromatic carbocycles. The second kappa shape index (κ2) is 6.82. The van der Waals surface area contributed by atoms with Crippen molar-refractivity contribution in [2.75, 3.05) is 20.2 Å². The molecular weight excluding hydrogens is 259 g/mol. The zero-order valence-corrected chi connectivity index (χ0v) is 10.6. The molecule has 0 aliphatic carbocycles. The summed E-state index contributed by atoms with van der Waals surface area (Å²) in [4.78, 5) is 12.9. The summed E-state index contributed by atoms with van der Waals surface area (Å²) in [5, 5.41) is 8.50. The number of halogens is 2. The molecule has 0 unspecified atom stereocenters. The zero-order chi connectivity index (χ0) is 13.5. The third-order valence-corrected chi connectivity index (χ3v) is 2.54. The number of amides is 1. The van der Waals surface area contributed by atoms with E-state index in [1.165, 1.54) is 23.1 Å². The molecule has 0 radical (unpaired) electrons. The van der Waals surface area contributed by atoms with Crippen molar-refractivity contribution < 1.29 is 13.9 Å². The minimum atomic E-state index is -0.616. The molecule has 0 N–H and O–H groups in total. The molecule has 0 bridgehead atoms. The highest BCUT2D eigenvalue weighted by Gasteiger charge is 2.13. The highest BCUT2D eigenvalue weighted by atomic mass is 35.5. The first-order valence-electron chi connectivity index (χ1n) is 5.24. The first kappa shape index (κ1) is 14.3. The largest absolute Gasteiger partial charge is 0.479 e. The molecule has 1 rings (SSSR count). The van der Waals surface area contributed by atoms with Gasteiger partial charge < -0.3 is 9.64 Å². The molecule has 0 heterocycles. The fraction of sp³-hybridized carbons (Fsp3) is 0.333. The lowest BCUT2D eigenvalue weighted by molar-refractivity contribution is -0.132. The SMILES string of the molecule is CN(CCC#N)C(=O)COc1c(F)cccc1Cl.